The van der Waals surface area contributed by atoms with Crippen molar-refractivity contribution in [3.63, 3.8) is 0 Å². The summed E-state index contributed by atoms with van der Waals surface area (Å²) in [6, 6.07) is 10.4. The number of anilines is 1. The molecule has 142 valence electrons. The van der Waals surface area contributed by atoms with Crippen LogP contribution in [-0.2, 0) is 17.1 Å². The maximum Gasteiger partial charge on any atom is 0.285 e. The van der Waals surface area contributed by atoms with Gasteiger partial charge in [0.2, 0.25) is 0 Å². The van der Waals surface area contributed by atoms with E-state index in [0.717, 1.165) is 5.69 Å². The fraction of sp³-hybridized carbons (Fsp3) is 0.118. The molecule has 0 aliphatic heterocycles. The van der Waals surface area contributed by atoms with Gasteiger partial charge in [0, 0.05) is 7.05 Å². The first-order valence-corrected chi connectivity index (χ1v) is 10.7. The lowest BCUT2D eigenvalue weighted by molar-refractivity contribution is 0.601. The van der Waals surface area contributed by atoms with Crippen molar-refractivity contribution in [3.8, 4) is 5.69 Å². The molecule has 1 aromatic heterocycles. The zero-order valence-electron chi connectivity index (χ0n) is 14.2. The summed E-state index contributed by atoms with van der Waals surface area (Å²) in [7, 11) is -2.07. The highest BCUT2D eigenvalue weighted by molar-refractivity contribution is 9.10. The summed E-state index contributed by atoms with van der Waals surface area (Å²) in [5.74, 6) is 0. The average molecular weight is 491 g/mol. The van der Waals surface area contributed by atoms with Crippen molar-refractivity contribution >= 4 is 54.8 Å². The lowest BCUT2D eigenvalue weighted by Crippen LogP contribution is -2.20. The SMILES string of the molecule is Cc1c(Br)c(=O)n(-c2ccc(S(=O)(=O)Nc3ccc(Cl)c(Cl)c3)cc2)n1C. The van der Waals surface area contributed by atoms with Crippen molar-refractivity contribution < 1.29 is 8.42 Å². The Hall–Kier alpha value is -1.74. The number of sulfonamides is 1. The van der Waals surface area contributed by atoms with E-state index in [1.54, 1.807) is 23.9 Å². The van der Waals surface area contributed by atoms with Gasteiger partial charge in [-0.3, -0.25) is 14.2 Å². The third-order valence-corrected chi connectivity index (χ3v) is 7.10. The van der Waals surface area contributed by atoms with Crippen LogP contribution in [0, 0.1) is 6.92 Å². The van der Waals surface area contributed by atoms with Crippen LogP contribution in [0.4, 0.5) is 5.69 Å². The first kappa shape index (κ1) is 20.0. The fourth-order valence-corrected chi connectivity index (χ4v) is 4.28. The van der Waals surface area contributed by atoms with Gasteiger partial charge in [-0.1, -0.05) is 23.2 Å². The zero-order valence-corrected chi connectivity index (χ0v) is 18.1. The fourth-order valence-electron chi connectivity index (χ4n) is 2.51. The Morgan fingerprint density at radius 3 is 2.19 bits per heavy atom. The molecule has 3 aromatic rings. The van der Waals surface area contributed by atoms with Gasteiger partial charge in [-0.2, -0.15) is 0 Å². The van der Waals surface area contributed by atoms with Gasteiger partial charge in [0.25, 0.3) is 15.6 Å². The Balaban J connectivity index is 1.94. The molecule has 0 radical (unpaired) electrons. The molecular formula is C17H14BrCl2N3O3S. The average Bonchev–Trinajstić information content (AvgIpc) is 2.81. The van der Waals surface area contributed by atoms with Crippen molar-refractivity contribution in [1.82, 2.24) is 9.36 Å². The van der Waals surface area contributed by atoms with Gasteiger partial charge in [0.15, 0.2) is 0 Å². The van der Waals surface area contributed by atoms with Crippen molar-refractivity contribution in [3.05, 3.63) is 73.0 Å². The second-order valence-electron chi connectivity index (χ2n) is 5.77. The molecule has 0 spiro atoms. The molecule has 0 saturated heterocycles. The Kier molecular flexibility index (Phi) is 5.45. The molecule has 1 N–H and O–H groups in total. The van der Waals surface area contributed by atoms with E-state index in [0.29, 0.717) is 20.9 Å². The maximum atomic E-state index is 12.6. The molecule has 6 nitrogen and oxygen atoms in total. The standard InChI is InChI=1S/C17H14BrCl2N3O3S/c1-10-16(18)17(24)23(22(10)2)12-4-6-13(7-5-12)27(25,26)21-11-3-8-14(19)15(20)9-11/h3-9,21H,1-2H3. The molecule has 0 saturated carbocycles. The molecular weight excluding hydrogens is 477 g/mol. The molecule has 10 heteroatoms. The van der Waals surface area contributed by atoms with E-state index in [2.05, 4.69) is 20.7 Å². The first-order chi connectivity index (χ1) is 12.6. The lowest BCUT2D eigenvalue weighted by atomic mass is 10.3. The van der Waals surface area contributed by atoms with Crippen molar-refractivity contribution in [1.29, 1.82) is 0 Å². The number of benzene rings is 2. The zero-order chi connectivity index (χ0) is 19.9. The highest BCUT2D eigenvalue weighted by Crippen LogP contribution is 2.26. The summed E-state index contributed by atoms with van der Waals surface area (Å²) >= 11 is 15.0. The monoisotopic (exact) mass is 489 g/mol. The molecule has 3 rings (SSSR count). The van der Waals surface area contributed by atoms with Crippen LogP contribution in [0.25, 0.3) is 5.69 Å². The van der Waals surface area contributed by atoms with Crippen LogP contribution in [-0.4, -0.2) is 17.8 Å². The maximum absolute atomic E-state index is 12.6. The number of halogens is 3. The summed E-state index contributed by atoms with van der Waals surface area (Å²) in [5.41, 5.74) is 1.38. The van der Waals surface area contributed by atoms with E-state index in [9.17, 15) is 13.2 Å². The molecule has 0 bridgehead atoms. The van der Waals surface area contributed by atoms with Crippen LogP contribution in [0.1, 0.15) is 5.69 Å². The summed E-state index contributed by atoms with van der Waals surface area (Å²) < 4.78 is 31.2. The van der Waals surface area contributed by atoms with Crippen LogP contribution < -0.4 is 10.3 Å². The second-order valence-corrected chi connectivity index (χ2v) is 9.06. The van der Waals surface area contributed by atoms with Crippen LogP contribution in [0.2, 0.25) is 10.0 Å². The summed E-state index contributed by atoms with van der Waals surface area (Å²) in [4.78, 5) is 12.4. The molecule has 0 atom stereocenters. The predicted molar refractivity (Wildman–Crippen MR) is 111 cm³/mol. The molecule has 0 amide bonds. The smallest absolute Gasteiger partial charge is 0.284 e. The number of nitrogens with zero attached hydrogens (tertiary/aromatic N) is 2. The van der Waals surface area contributed by atoms with Crippen molar-refractivity contribution in [2.45, 2.75) is 11.8 Å². The highest BCUT2D eigenvalue weighted by atomic mass is 79.9. The molecule has 0 unspecified atom stereocenters. The highest BCUT2D eigenvalue weighted by Gasteiger charge is 2.17. The molecule has 27 heavy (non-hydrogen) atoms. The number of hydrogen-bond acceptors (Lipinski definition) is 3. The Morgan fingerprint density at radius 1 is 1.04 bits per heavy atom. The van der Waals surface area contributed by atoms with Gasteiger partial charge < -0.3 is 0 Å². The molecule has 2 aromatic carbocycles. The van der Waals surface area contributed by atoms with Crippen LogP contribution in [0.5, 0.6) is 0 Å². The van der Waals surface area contributed by atoms with Crippen LogP contribution in [0.15, 0.2) is 56.6 Å². The largest absolute Gasteiger partial charge is 0.285 e. The molecule has 0 aliphatic rings. The predicted octanol–water partition coefficient (Wildman–Crippen LogP) is 4.35. The normalized spacial score (nSPS) is 11.6. The van der Waals surface area contributed by atoms with E-state index in [1.165, 1.54) is 35.0 Å². The Labute approximate surface area is 174 Å². The minimum atomic E-state index is -3.82. The molecule has 0 fully saturated rings. The van der Waals surface area contributed by atoms with E-state index in [-0.39, 0.29) is 15.5 Å². The van der Waals surface area contributed by atoms with E-state index in [4.69, 9.17) is 23.2 Å². The number of hydrogen-bond donors (Lipinski definition) is 1. The van der Waals surface area contributed by atoms with Crippen molar-refractivity contribution in [2.24, 2.45) is 7.05 Å². The summed E-state index contributed by atoms with van der Waals surface area (Å²) in [5, 5.41) is 0.578. The first-order valence-electron chi connectivity index (χ1n) is 7.64. The van der Waals surface area contributed by atoms with E-state index in [1.807, 2.05) is 6.92 Å². The Morgan fingerprint density at radius 2 is 1.67 bits per heavy atom. The van der Waals surface area contributed by atoms with E-state index < -0.39 is 10.0 Å². The minimum Gasteiger partial charge on any atom is -0.284 e. The van der Waals surface area contributed by atoms with Gasteiger partial charge in [0.05, 0.1) is 32.0 Å². The quantitative estimate of drug-likeness (QED) is 0.590. The summed E-state index contributed by atoms with van der Waals surface area (Å²) in [6.07, 6.45) is 0. The topological polar surface area (TPSA) is 73.1 Å². The second kappa shape index (κ2) is 7.35. The van der Waals surface area contributed by atoms with Gasteiger partial charge in [0.1, 0.15) is 4.47 Å². The number of rotatable bonds is 4. The minimum absolute atomic E-state index is 0.0513. The van der Waals surface area contributed by atoms with Crippen LogP contribution in [0.3, 0.4) is 0 Å². The number of nitrogens with one attached hydrogen (secondary N) is 1. The molecule has 0 aliphatic carbocycles. The molecule has 1 heterocycles. The van der Waals surface area contributed by atoms with Crippen molar-refractivity contribution in [2.75, 3.05) is 4.72 Å². The number of aromatic nitrogens is 2. The third kappa shape index (κ3) is 3.80. The van der Waals surface area contributed by atoms with Crippen LogP contribution >= 0.6 is 39.1 Å². The van der Waals surface area contributed by atoms with Gasteiger partial charge in [-0.15, -0.1) is 0 Å². The van der Waals surface area contributed by atoms with E-state index >= 15 is 0 Å². The van der Waals surface area contributed by atoms with Gasteiger partial charge in [-0.05, 0) is 65.3 Å². The Bertz CT molecular complexity index is 1190. The van der Waals surface area contributed by atoms with Gasteiger partial charge in [-0.25, -0.2) is 13.1 Å². The summed E-state index contributed by atoms with van der Waals surface area (Å²) in [6.45, 7) is 1.81. The van der Waals surface area contributed by atoms with Gasteiger partial charge >= 0.3 is 0 Å². The third-order valence-electron chi connectivity index (χ3n) is 4.05. The lowest BCUT2D eigenvalue weighted by Gasteiger charge is -2.11.